The van der Waals surface area contributed by atoms with Crippen LogP contribution in [0.1, 0.15) is 6.42 Å². The van der Waals surface area contributed by atoms with Gasteiger partial charge in [0.15, 0.2) is 5.78 Å². The van der Waals surface area contributed by atoms with Crippen LogP contribution in [-0.2, 0) is 4.79 Å². The number of Topliss-reactive ketones (excluding diaryl/α,β-unsaturated/α-hetero) is 1. The van der Waals surface area contributed by atoms with Crippen molar-refractivity contribution < 1.29 is 9.90 Å². The average molecular weight is 167 g/mol. The van der Waals surface area contributed by atoms with Gasteiger partial charge in [0, 0.05) is 6.42 Å². The molecule has 0 aromatic heterocycles. The number of aliphatic hydroxyl groups is 1. The molecular weight excluding hydrogens is 163 g/mol. The van der Waals surface area contributed by atoms with Crippen LogP contribution in [0.3, 0.4) is 0 Å². The number of hydrogen-bond donors (Lipinski definition) is 1. The Morgan fingerprint density at radius 2 is 2.11 bits per heavy atom. The molecule has 0 radical (unpaired) electrons. The molecule has 0 aromatic carbocycles. The summed E-state index contributed by atoms with van der Waals surface area (Å²) in [6, 6.07) is 0. The van der Waals surface area contributed by atoms with Crippen LogP contribution >= 0.6 is 23.2 Å². The summed E-state index contributed by atoms with van der Waals surface area (Å²) < 4.78 is 0. The van der Waals surface area contributed by atoms with Gasteiger partial charge in [0.2, 0.25) is 0 Å². The van der Waals surface area contributed by atoms with Gasteiger partial charge >= 0.3 is 0 Å². The Morgan fingerprint density at radius 3 is 2.22 bits per heavy atom. The third-order valence-electron chi connectivity index (χ3n) is 1.13. The molecule has 4 heteroatoms. The lowest BCUT2D eigenvalue weighted by molar-refractivity contribution is -0.115. The summed E-state index contributed by atoms with van der Waals surface area (Å²) in [6.45, 7) is 0. The summed E-state index contributed by atoms with van der Waals surface area (Å²) in [5.41, 5.74) is 0. The van der Waals surface area contributed by atoms with Crippen LogP contribution < -0.4 is 0 Å². The Labute approximate surface area is 62.1 Å². The molecule has 1 aliphatic carbocycles. The fourth-order valence-electron chi connectivity index (χ4n) is 0.634. The smallest absolute Gasteiger partial charge is 0.178 e. The van der Waals surface area contributed by atoms with Crippen LogP contribution in [0.4, 0.5) is 0 Å². The van der Waals surface area contributed by atoms with E-state index in [1.165, 1.54) is 0 Å². The number of halogens is 2. The number of carbonyl (C=O) groups is 1. The minimum absolute atomic E-state index is 0.0239. The van der Waals surface area contributed by atoms with E-state index in [-0.39, 0.29) is 22.3 Å². The van der Waals surface area contributed by atoms with E-state index in [0.717, 1.165) is 0 Å². The monoisotopic (exact) mass is 166 g/mol. The van der Waals surface area contributed by atoms with Gasteiger partial charge in [0.05, 0.1) is 11.1 Å². The molecule has 2 nitrogen and oxygen atoms in total. The lowest BCUT2D eigenvalue weighted by Gasteiger charge is -1.94. The largest absolute Gasteiger partial charge is 0.387 e. The zero-order valence-electron chi connectivity index (χ0n) is 4.40. The van der Waals surface area contributed by atoms with Crippen LogP contribution in [0.2, 0.25) is 0 Å². The lowest BCUT2D eigenvalue weighted by Crippen LogP contribution is -2.02. The van der Waals surface area contributed by atoms with Crippen LogP contribution in [0.15, 0.2) is 10.1 Å². The minimum atomic E-state index is -0.869. The molecule has 1 N–H and O–H groups in total. The molecule has 0 aliphatic heterocycles. The van der Waals surface area contributed by atoms with E-state index in [0.29, 0.717) is 0 Å². The molecule has 1 rings (SSSR count). The zero-order valence-corrected chi connectivity index (χ0v) is 5.91. The molecule has 0 aromatic rings. The van der Waals surface area contributed by atoms with E-state index in [2.05, 4.69) is 0 Å². The summed E-state index contributed by atoms with van der Waals surface area (Å²) in [4.78, 5) is 10.6. The van der Waals surface area contributed by atoms with E-state index in [1.807, 2.05) is 0 Å². The number of allylic oxidation sites excluding steroid dienone is 1. The van der Waals surface area contributed by atoms with Gasteiger partial charge in [-0.1, -0.05) is 23.2 Å². The maximum Gasteiger partial charge on any atom is 0.178 e. The predicted molar refractivity (Wildman–Crippen MR) is 34.4 cm³/mol. The summed E-state index contributed by atoms with van der Waals surface area (Å²) in [5.74, 6) is -0.283. The highest BCUT2D eigenvalue weighted by Crippen LogP contribution is 2.28. The van der Waals surface area contributed by atoms with Gasteiger partial charge in [-0.25, -0.2) is 0 Å². The first-order valence-corrected chi connectivity index (χ1v) is 3.15. The van der Waals surface area contributed by atoms with Crippen LogP contribution in [-0.4, -0.2) is 17.0 Å². The highest BCUT2D eigenvalue weighted by atomic mass is 35.5. The molecule has 1 atom stereocenters. The molecule has 0 bridgehead atoms. The molecule has 1 unspecified atom stereocenters. The predicted octanol–water partition coefficient (Wildman–Crippen LogP) is 1.01. The topological polar surface area (TPSA) is 37.3 Å². The van der Waals surface area contributed by atoms with Crippen molar-refractivity contribution in [1.29, 1.82) is 0 Å². The van der Waals surface area contributed by atoms with Crippen molar-refractivity contribution in [3.63, 3.8) is 0 Å². The van der Waals surface area contributed by atoms with Crippen LogP contribution in [0.5, 0.6) is 0 Å². The maximum atomic E-state index is 10.6. The first-order valence-electron chi connectivity index (χ1n) is 2.39. The Bertz CT molecular complexity index is 185. The van der Waals surface area contributed by atoms with Crippen molar-refractivity contribution in [1.82, 2.24) is 0 Å². The van der Waals surface area contributed by atoms with E-state index in [1.54, 1.807) is 0 Å². The lowest BCUT2D eigenvalue weighted by atomic mass is 10.3. The van der Waals surface area contributed by atoms with E-state index >= 15 is 0 Å². The number of rotatable bonds is 0. The van der Waals surface area contributed by atoms with Gasteiger partial charge in [0.1, 0.15) is 5.03 Å². The minimum Gasteiger partial charge on any atom is -0.387 e. The van der Waals surface area contributed by atoms with Gasteiger partial charge < -0.3 is 5.11 Å². The summed E-state index contributed by atoms with van der Waals surface area (Å²) in [6.07, 6.45) is -0.843. The highest BCUT2D eigenvalue weighted by Gasteiger charge is 2.28. The van der Waals surface area contributed by atoms with Crippen molar-refractivity contribution in [2.24, 2.45) is 0 Å². The van der Waals surface area contributed by atoms with Gasteiger partial charge in [-0.3, -0.25) is 4.79 Å². The fourth-order valence-corrected chi connectivity index (χ4v) is 1.02. The molecule has 0 fully saturated rings. The Morgan fingerprint density at radius 1 is 1.56 bits per heavy atom. The average Bonchev–Trinajstić information content (AvgIpc) is 1.98. The second kappa shape index (κ2) is 2.29. The SMILES string of the molecule is O=C1CC(O)C(Cl)=C1Cl. The van der Waals surface area contributed by atoms with Crippen molar-refractivity contribution in [3.05, 3.63) is 10.1 Å². The van der Waals surface area contributed by atoms with Crippen LogP contribution in [0.25, 0.3) is 0 Å². The summed E-state index contributed by atoms with van der Waals surface area (Å²) >= 11 is 10.7. The Hall–Kier alpha value is -0.0500. The first kappa shape index (κ1) is 7.06. The van der Waals surface area contributed by atoms with Gasteiger partial charge in [-0.2, -0.15) is 0 Å². The number of hydrogen-bond acceptors (Lipinski definition) is 2. The molecular formula is C5H4Cl2O2. The molecule has 0 saturated carbocycles. The molecule has 0 spiro atoms. The molecule has 0 amide bonds. The fraction of sp³-hybridized carbons (Fsp3) is 0.400. The molecule has 9 heavy (non-hydrogen) atoms. The zero-order chi connectivity index (χ0) is 7.02. The van der Waals surface area contributed by atoms with Crippen LogP contribution in [0, 0.1) is 0 Å². The Kier molecular flexibility index (Phi) is 1.80. The second-order valence-electron chi connectivity index (χ2n) is 1.81. The maximum absolute atomic E-state index is 10.6. The number of aliphatic hydroxyl groups excluding tert-OH is 1. The van der Waals surface area contributed by atoms with Crippen molar-refractivity contribution in [2.75, 3.05) is 0 Å². The van der Waals surface area contributed by atoms with Gasteiger partial charge in [-0.15, -0.1) is 0 Å². The molecule has 0 saturated heterocycles. The van der Waals surface area contributed by atoms with E-state index in [9.17, 15) is 4.79 Å². The normalized spacial score (nSPS) is 27.9. The Balaban J connectivity index is 2.92. The summed E-state index contributed by atoms with van der Waals surface area (Å²) in [5, 5.41) is 8.89. The van der Waals surface area contributed by atoms with Gasteiger partial charge in [-0.05, 0) is 0 Å². The van der Waals surface area contributed by atoms with E-state index < -0.39 is 6.10 Å². The molecule has 1 aliphatic rings. The third kappa shape index (κ3) is 1.11. The number of carbonyl (C=O) groups excluding carboxylic acids is 1. The second-order valence-corrected chi connectivity index (χ2v) is 2.59. The summed E-state index contributed by atoms with van der Waals surface area (Å²) in [7, 11) is 0. The van der Waals surface area contributed by atoms with Crippen molar-refractivity contribution in [2.45, 2.75) is 12.5 Å². The standard InChI is InChI=1S/C5H4Cl2O2/c6-4-2(8)1-3(9)5(4)7/h2,8H,1H2. The first-order chi connectivity index (χ1) is 4.13. The van der Waals surface area contributed by atoms with Gasteiger partial charge in [0.25, 0.3) is 0 Å². The molecule has 50 valence electrons. The quantitative estimate of drug-likeness (QED) is 0.584. The van der Waals surface area contributed by atoms with Crippen molar-refractivity contribution in [3.8, 4) is 0 Å². The number of ketones is 1. The molecule has 0 heterocycles. The van der Waals surface area contributed by atoms with E-state index in [4.69, 9.17) is 28.3 Å². The highest BCUT2D eigenvalue weighted by molar-refractivity contribution is 6.50. The van der Waals surface area contributed by atoms with Crippen molar-refractivity contribution >= 4 is 29.0 Å². The third-order valence-corrected chi connectivity index (χ3v) is 2.08.